The normalized spacial score (nSPS) is 32.2. The molecule has 1 saturated heterocycles. The van der Waals surface area contributed by atoms with Crippen molar-refractivity contribution < 1.29 is 14.7 Å². The van der Waals surface area contributed by atoms with E-state index in [0.717, 1.165) is 32.2 Å². The van der Waals surface area contributed by atoms with Gasteiger partial charge in [0.25, 0.3) is 5.91 Å². The molecule has 3 fully saturated rings. The summed E-state index contributed by atoms with van der Waals surface area (Å²) in [5, 5.41) is 19.4. The first-order valence-corrected chi connectivity index (χ1v) is 9.12. The maximum absolute atomic E-state index is 12.6. The molecule has 2 unspecified atom stereocenters. The number of amides is 2. The van der Waals surface area contributed by atoms with Gasteiger partial charge in [-0.1, -0.05) is 19.8 Å². The predicted octanol–water partition coefficient (Wildman–Crippen LogP) is 0.299. The van der Waals surface area contributed by atoms with E-state index in [1.807, 2.05) is 6.92 Å². The Labute approximate surface area is 137 Å². The molecule has 0 bridgehead atoms. The molecule has 3 aliphatic rings. The van der Waals surface area contributed by atoms with Crippen LogP contribution in [0.15, 0.2) is 0 Å². The van der Waals surface area contributed by atoms with E-state index >= 15 is 0 Å². The molecule has 2 aliphatic carbocycles. The number of hydrogen-bond donors (Lipinski definition) is 4. The molecule has 0 aromatic heterocycles. The first-order valence-electron chi connectivity index (χ1n) is 9.12. The van der Waals surface area contributed by atoms with E-state index in [9.17, 15) is 14.7 Å². The third-order valence-corrected chi connectivity index (χ3v) is 5.53. The van der Waals surface area contributed by atoms with E-state index in [1.54, 1.807) is 0 Å². The van der Waals surface area contributed by atoms with Gasteiger partial charge in [0.2, 0.25) is 5.91 Å². The lowest BCUT2D eigenvalue weighted by molar-refractivity contribution is -0.133. The van der Waals surface area contributed by atoms with Crippen LogP contribution in [0, 0.1) is 11.8 Å². The van der Waals surface area contributed by atoms with Gasteiger partial charge in [0.05, 0.1) is 12.1 Å². The van der Waals surface area contributed by atoms with E-state index in [2.05, 4.69) is 16.0 Å². The summed E-state index contributed by atoms with van der Waals surface area (Å²) in [7, 11) is 0. The molecule has 2 saturated carbocycles. The molecular formula is C17H29N3O3. The molecule has 1 heterocycles. The number of aliphatic hydroxyl groups is 1. The quantitative estimate of drug-likeness (QED) is 0.542. The van der Waals surface area contributed by atoms with E-state index in [1.165, 1.54) is 12.8 Å². The summed E-state index contributed by atoms with van der Waals surface area (Å²) in [5.74, 6) is 0.605. The second-order valence-electron chi connectivity index (χ2n) is 7.37. The summed E-state index contributed by atoms with van der Waals surface area (Å²) in [6.45, 7) is 2.90. The van der Waals surface area contributed by atoms with Crippen LogP contribution in [0.5, 0.6) is 0 Å². The molecule has 130 valence electrons. The fourth-order valence-electron chi connectivity index (χ4n) is 4.06. The maximum Gasteiger partial charge on any atom is 0.251 e. The Hall–Kier alpha value is -1.14. The lowest BCUT2D eigenvalue weighted by atomic mass is 9.93. The molecule has 0 spiro atoms. The number of nitrogens with one attached hydrogen (secondary N) is 3. The highest BCUT2D eigenvalue weighted by molar-refractivity contribution is 5.86. The second-order valence-corrected chi connectivity index (χ2v) is 7.37. The average molecular weight is 323 g/mol. The minimum Gasteiger partial charge on any atom is -0.381 e. The van der Waals surface area contributed by atoms with Gasteiger partial charge in [0.15, 0.2) is 6.10 Å². The van der Waals surface area contributed by atoms with Gasteiger partial charge < -0.3 is 21.1 Å². The van der Waals surface area contributed by atoms with Gasteiger partial charge in [-0.05, 0) is 50.5 Å². The number of carbonyl (C=O) groups excluding carboxylic acids is 2. The molecule has 0 aromatic rings. The summed E-state index contributed by atoms with van der Waals surface area (Å²) >= 11 is 0. The molecule has 23 heavy (non-hydrogen) atoms. The maximum atomic E-state index is 12.6. The second kappa shape index (κ2) is 7.18. The van der Waals surface area contributed by atoms with Crippen LogP contribution >= 0.6 is 0 Å². The smallest absolute Gasteiger partial charge is 0.251 e. The minimum absolute atomic E-state index is 0.0591. The van der Waals surface area contributed by atoms with Crippen LogP contribution in [0.3, 0.4) is 0 Å². The van der Waals surface area contributed by atoms with Gasteiger partial charge >= 0.3 is 0 Å². The molecule has 2 amide bonds. The third-order valence-electron chi connectivity index (χ3n) is 5.53. The highest BCUT2D eigenvalue weighted by Gasteiger charge is 2.43. The van der Waals surface area contributed by atoms with Crippen LogP contribution < -0.4 is 16.0 Å². The molecule has 0 aromatic carbocycles. The zero-order valence-corrected chi connectivity index (χ0v) is 13.9. The van der Waals surface area contributed by atoms with Gasteiger partial charge in [-0.2, -0.15) is 0 Å². The number of hydrogen-bond acceptors (Lipinski definition) is 4. The van der Waals surface area contributed by atoms with Gasteiger partial charge in [0, 0.05) is 6.04 Å². The van der Waals surface area contributed by atoms with Crippen LogP contribution in [0.1, 0.15) is 51.9 Å². The van der Waals surface area contributed by atoms with Gasteiger partial charge in [-0.15, -0.1) is 0 Å². The van der Waals surface area contributed by atoms with Crippen LogP contribution in [0.2, 0.25) is 0 Å². The Morgan fingerprint density at radius 2 is 2.04 bits per heavy atom. The van der Waals surface area contributed by atoms with Crippen LogP contribution in [0.4, 0.5) is 0 Å². The van der Waals surface area contributed by atoms with Crippen molar-refractivity contribution in [1.82, 2.24) is 16.0 Å². The van der Waals surface area contributed by atoms with Crippen molar-refractivity contribution in [2.45, 2.75) is 76.1 Å². The summed E-state index contributed by atoms with van der Waals surface area (Å²) in [5.41, 5.74) is 0. The Kier molecular flexibility index (Phi) is 5.21. The average Bonchev–Trinajstić information content (AvgIpc) is 3.06. The van der Waals surface area contributed by atoms with Crippen molar-refractivity contribution in [3.63, 3.8) is 0 Å². The molecular weight excluding hydrogens is 294 g/mol. The Bertz CT molecular complexity index is 452. The van der Waals surface area contributed by atoms with E-state index in [4.69, 9.17) is 0 Å². The summed E-state index contributed by atoms with van der Waals surface area (Å²) < 4.78 is 0. The first kappa shape index (κ1) is 16.7. The number of fused-ring (bicyclic) bond motifs is 1. The van der Waals surface area contributed by atoms with E-state index < -0.39 is 12.1 Å². The van der Waals surface area contributed by atoms with Crippen molar-refractivity contribution >= 4 is 11.8 Å². The van der Waals surface area contributed by atoms with Crippen LogP contribution in [-0.4, -0.2) is 47.7 Å². The van der Waals surface area contributed by atoms with Crippen molar-refractivity contribution in [2.24, 2.45) is 11.8 Å². The highest BCUT2D eigenvalue weighted by Crippen LogP contribution is 2.37. The Balaban J connectivity index is 1.57. The molecule has 0 radical (unpaired) electrons. The van der Waals surface area contributed by atoms with Gasteiger partial charge in [-0.25, -0.2) is 0 Å². The molecule has 3 rings (SSSR count). The number of rotatable bonds is 7. The van der Waals surface area contributed by atoms with Crippen LogP contribution in [-0.2, 0) is 9.59 Å². The Morgan fingerprint density at radius 3 is 2.74 bits per heavy atom. The third kappa shape index (κ3) is 3.86. The minimum atomic E-state index is -1.17. The van der Waals surface area contributed by atoms with Crippen molar-refractivity contribution in [1.29, 1.82) is 0 Å². The molecule has 6 heteroatoms. The molecule has 4 N–H and O–H groups in total. The molecule has 1 aliphatic heterocycles. The monoisotopic (exact) mass is 323 g/mol. The zero-order chi connectivity index (χ0) is 16.4. The summed E-state index contributed by atoms with van der Waals surface area (Å²) in [6.07, 6.45) is 5.71. The number of aliphatic hydroxyl groups excluding tert-OH is 1. The predicted molar refractivity (Wildman–Crippen MR) is 86.6 cm³/mol. The molecule has 5 atom stereocenters. The van der Waals surface area contributed by atoms with Crippen molar-refractivity contribution in [3.8, 4) is 0 Å². The molecule has 6 nitrogen and oxygen atoms in total. The SMILES string of the molecule is CCCC(NC(=O)[C@H]1NC[C@@H]2CCC[C@@H]21)C(O)C(=O)NC1CC1. The topological polar surface area (TPSA) is 90.5 Å². The largest absolute Gasteiger partial charge is 0.381 e. The lowest BCUT2D eigenvalue weighted by Crippen LogP contribution is -2.55. The summed E-state index contributed by atoms with van der Waals surface area (Å²) in [6, 6.07) is -0.458. The van der Waals surface area contributed by atoms with Crippen molar-refractivity contribution in [3.05, 3.63) is 0 Å². The van der Waals surface area contributed by atoms with Gasteiger partial charge in [0.1, 0.15) is 0 Å². The van der Waals surface area contributed by atoms with Crippen LogP contribution in [0.25, 0.3) is 0 Å². The first-order chi connectivity index (χ1) is 11.1. The van der Waals surface area contributed by atoms with E-state index in [-0.39, 0.29) is 23.9 Å². The lowest BCUT2D eigenvalue weighted by Gasteiger charge is -2.26. The summed E-state index contributed by atoms with van der Waals surface area (Å²) in [4.78, 5) is 24.7. The zero-order valence-electron chi connectivity index (χ0n) is 13.9. The standard InChI is InChI=1S/C17H29N3O3/c1-2-4-13(15(21)17(23)19-11-7-8-11)20-16(22)14-12-6-3-5-10(12)9-18-14/h10-15,18,21H,2-9H2,1H3,(H,19,23)(H,20,22)/t10-,12-,13?,14-,15?/m0/s1. The van der Waals surface area contributed by atoms with Gasteiger partial charge in [-0.3, -0.25) is 9.59 Å². The fourth-order valence-corrected chi connectivity index (χ4v) is 4.06. The van der Waals surface area contributed by atoms with Crippen molar-refractivity contribution in [2.75, 3.05) is 6.54 Å². The fraction of sp³-hybridized carbons (Fsp3) is 0.882. The highest BCUT2D eigenvalue weighted by atomic mass is 16.3. The number of carbonyl (C=O) groups is 2. The Morgan fingerprint density at radius 1 is 1.26 bits per heavy atom. The van der Waals surface area contributed by atoms with E-state index in [0.29, 0.717) is 18.3 Å².